The SMILES string of the molecule is CCOC(=O)CC#Cc1csc(C=O)n1. The lowest BCUT2D eigenvalue weighted by atomic mass is 10.4. The summed E-state index contributed by atoms with van der Waals surface area (Å²) in [5, 5.41) is 2.05. The average molecular weight is 223 g/mol. The minimum atomic E-state index is -0.351. The third kappa shape index (κ3) is 3.92. The molecular formula is C10H9NO3S. The van der Waals surface area contributed by atoms with Gasteiger partial charge in [0.2, 0.25) is 0 Å². The zero-order valence-corrected chi connectivity index (χ0v) is 8.97. The summed E-state index contributed by atoms with van der Waals surface area (Å²) in [7, 11) is 0. The number of carbonyl (C=O) groups excluding carboxylic acids is 2. The molecule has 1 heterocycles. The quantitative estimate of drug-likeness (QED) is 0.440. The van der Waals surface area contributed by atoms with Gasteiger partial charge in [0.1, 0.15) is 12.1 Å². The minimum Gasteiger partial charge on any atom is -0.465 e. The van der Waals surface area contributed by atoms with Crippen LogP contribution in [-0.4, -0.2) is 23.8 Å². The molecule has 1 rings (SSSR count). The van der Waals surface area contributed by atoms with E-state index in [9.17, 15) is 9.59 Å². The second-order valence-electron chi connectivity index (χ2n) is 2.47. The Labute approximate surface area is 91.3 Å². The fourth-order valence-electron chi connectivity index (χ4n) is 0.818. The van der Waals surface area contributed by atoms with E-state index in [4.69, 9.17) is 4.74 Å². The number of carbonyl (C=O) groups is 2. The zero-order valence-electron chi connectivity index (χ0n) is 8.15. The summed E-state index contributed by atoms with van der Waals surface area (Å²) >= 11 is 1.22. The third-order valence-corrected chi connectivity index (χ3v) is 2.15. The van der Waals surface area contributed by atoms with E-state index in [1.54, 1.807) is 12.3 Å². The van der Waals surface area contributed by atoms with Crippen LogP contribution in [0.15, 0.2) is 5.38 Å². The molecule has 0 aromatic carbocycles. The first-order chi connectivity index (χ1) is 7.26. The third-order valence-electron chi connectivity index (χ3n) is 1.38. The summed E-state index contributed by atoms with van der Waals surface area (Å²) in [6.07, 6.45) is 0.711. The van der Waals surface area contributed by atoms with Crippen LogP contribution in [0.3, 0.4) is 0 Å². The topological polar surface area (TPSA) is 56.3 Å². The lowest BCUT2D eigenvalue weighted by Gasteiger charge is -1.94. The molecule has 0 unspecified atom stereocenters. The van der Waals surface area contributed by atoms with Crippen molar-refractivity contribution in [3.05, 3.63) is 16.1 Å². The van der Waals surface area contributed by atoms with Crippen LogP contribution >= 0.6 is 11.3 Å². The van der Waals surface area contributed by atoms with Gasteiger partial charge in [0.25, 0.3) is 0 Å². The fourth-order valence-corrected chi connectivity index (χ4v) is 1.37. The largest absolute Gasteiger partial charge is 0.465 e. The first-order valence-corrected chi connectivity index (χ1v) is 5.19. The first kappa shape index (κ1) is 11.4. The van der Waals surface area contributed by atoms with Crippen LogP contribution in [-0.2, 0) is 9.53 Å². The van der Waals surface area contributed by atoms with Gasteiger partial charge in [0, 0.05) is 5.38 Å². The Morgan fingerprint density at radius 2 is 2.53 bits per heavy atom. The second-order valence-corrected chi connectivity index (χ2v) is 3.36. The molecule has 1 aromatic heterocycles. The van der Waals surface area contributed by atoms with Gasteiger partial charge in [-0.1, -0.05) is 5.92 Å². The van der Waals surface area contributed by atoms with Crippen LogP contribution in [0.5, 0.6) is 0 Å². The Morgan fingerprint density at radius 3 is 3.13 bits per heavy atom. The maximum atomic E-state index is 10.9. The number of ether oxygens (including phenoxy) is 1. The molecule has 0 saturated carbocycles. The molecule has 15 heavy (non-hydrogen) atoms. The Balaban J connectivity index is 2.50. The number of aromatic nitrogens is 1. The van der Waals surface area contributed by atoms with Crippen molar-refractivity contribution < 1.29 is 14.3 Å². The molecule has 0 N–H and O–H groups in total. The van der Waals surface area contributed by atoms with Gasteiger partial charge in [-0.15, -0.1) is 11.3 Å². The van der Waals surface area contributed by atoms with E-state index in [-0.39, 0.29) is 12.4 Å². The van der Waals surface area contributed by atoms with Gasteiger partial charge >= 0.3 is 5.97 Å². The summed E-state index contributed by atoms with van der Waals surface area (Å²) < 4.78 is 4.69. The lowest BCUT2D eigenvalue weighted by molar-refractivity contribution is -0.141. The molecule has 0 spiro atoms. The van der Waals surface area contributed by atoms with Crippen molar-refractivity contribution in [1.29, 1.82) is 0 Å². The Hall–Kier alpha value is -1.67. The fraction of sp³-hybridized carbons (Fsp3) is 0.300. The number of aldehydes is 1. The van der Waals surface area contributed by atoms with Crippen molar-refractivity contribution in [3.63, 3.8) is 0 Å². The Morgan fingerprint density at radius 1 is 1.73 bits per heavy atom. The normalized spacial score (nSPS) is 8.87. The van der Waals surface area contributed by atoms with E-state index in [0.29, 0.717) is 23.6 Å². The molecule has 0 radical (unpaired) electrons. The van der Waals surface area contributed by atoms with Crippen LogP contribution in [0, 0.1) is 11.8 Å². The van der Waals surface area contributed by atoms with E-state index < -0.39 is 0 Å². The summed E-state index contributed by atoms with van der Waals surface area (Å²) in [5.41, 5.74) is 0.506. The highest BCUT2D eigenvalue weighted by molar-refractivity contribution is 7.11. The van der Waals surface area contributed by atoms with Crippen LogP contribution < -0.4 is 0 Å². The van der Waals surface area contributed by atoms with Crippen molar-refractivity contribution in [2.24, 2.45) is 0 Å². The molecule has 78 valence electrons. The van der Waals surface area contributed by atoms with Gasteiger partial charge in [-0.2, -0.15) is 0 Å². The van der Waals surface area contributed by atoms with E-state index in [2.05, 4.69) is 16.8 Å². The van der Waals surface area contributed by atoms with Crippen molar-refractivity contribution in [2.75, 3.05) is 6.61 Å². The van der Waals surface area contributed by atoms with Crippen molar-refractivity contribution in [1.82, 2.24) is 4.98 Å². The number of hydrogen-bond donors (Lipinski definition) is 0. The van der Waals surface area contributed by atoms with Crippen LogP contribution in [0.4, 0.5) is 0 Å². The first-order valence-electron chi connectivity index (χ1n) is 4.31. The predicted octanol–water partition coefficient (Wildman–Crippen LogP) is 1.26. The summed E-state index contributed by atoms with van der Waals surface area (Å²) in [6, 6.07) is 0. The van der Waals surface area contributed by atoms with E-state index in [0.717, 1.165) is 0 Å². The molecule has 0 aliphatic heterocycles. The van der Waals surface area contributed by atoms with Gasteiger partial charge in [-0.3, -0.25) is 9.59 Å². The van der Waals surface area contributed by atoms with Crippen molar-refractivity contribution in [3.8, 4) is 11.8 Å². The van der Waals surface area contributed by atoms with E-state index >= 15 is 0 Å². The van der Waals surface area contributed by atoms with Crippen LogP contribution in [0.1, 0.15) is 28.8 Å². The molecule has 4 nitrogen and oxygen atoms in total. The minimum absolute atomic E-state index is 0.0434. The number of nitrogens with zero attached hydrogens (tertiary/aromatic N) is 1. The Kier molecular flexibility index (Phi) is 4.51. The van der Waals surface area contributed by atoms with Crippen LogP contribution in [0.25, 0.3) is 0 Å². The van der Waals surface area contributed by atoms with Gasteiger partial charge in [-0.25, -0.2) is 4.98 Å². The molecule has 1 aromatic rings. The smallest absolute Gasteiger partial charge is 0.317 e. The Bertz CT molecular complexity index is 414. The summed E-state index contributed by atoms with van der Waals surface area (Å²) in [6.45, 7) is 2.09. The standard InChI is InChI=1S/C10H9NO3S/c1-2-14-10(13)5-3-4-8-7-15-9(6-12)11-8/h6-7H,2,5H2,1H3. The number of rotatable bonds is 3. The van der Waals surface area contributed by atoms with Gasteiger partial charge in [0.15, 0.2) is 11.3 Å². The maximum absolute atomic E-state index is 10.9. The molecule has 0 aliphatic carbocycles. The molecule has 0 saturated heterocycles. The molecule has 0 amide bonds. The van der Waals surface area contributed by atoms with Gasteiger partial charge < -0.3 is 4.74 Å². The molecule has 0 fully saturated rings. The molecule has 0 atom stereocenters. The molecule has 0 aliphatic rings. The van der Waals surface area contributed by atoms with Crippen molar-refractivity contribution in [2.45, 2.75) is 13.3 Å². The average Bonchev–Trinajstić information content (AvgIpc) is 2.66. The highest BCUT2D eigenvalue weighted by Gasteiger charge is 1.98. The monoisotopic (exact) mass is 223 g/mol. The number of thiazole rings is 1. The number of esters is 1. The van der Waals surface area contributed by atoms with E-state index in [1.807, 2.05) is 0 Å². The molecule has 0 bridgehead atoms. The predicted molar refractivity (Wildman–Crippen MR) is 55.6 cm³/mol. The van der Waals surface area contributed by atoms with Gasteiger partial charge in [0.05, 0.1) is 6.61 Å². The van der Waals surface area contributed by atoms with E-state index in [1.165, 1.54) is 11.3 Å². The second kappa shape index (κ2) is 5.94. The van der Waals surface area contributed by atoms with Gasteiger partial charge in [-0.05, 0) is 12.8 Å². The van der Waals surface area contributed by atoms with Crippen LogP contribution in [0.2, 0.25) is 0 Å². The summed E-state index contributed by atoms with van der Waals surface area (Å²) in [5.74, 6) is 4.95. The maximum Gasteiger partial charge on any atom is 0.317 e. The highest BCUT2D eigenvalue weighted by Crippen LogP contribution is 2.05. The molecular weight excluding hydrogens is 214 g/mol. The lowest BCUT2D eigenvalue weighted by Crippen LogP contribution is -2.01. The molecule has 5 heteroatoms. The van der Waals surface area contributed by atoms with Crippen molar-refractivity contribution >= 4 is 23.6 Å². The number of hydrogen-bond acceptors (Lipinski definition) is 5. The highest BCUT2D eigenvalue weighted by atomic mass is 32.1. The summed E-state index contributed by atoms with van der Waals surface area (Å²) in [4.78, 5) is 25.1. The zero-order chi connectivity index (χ0) is 11.1.